The van der Waals surface area contributed by atoms with Crippen LogP contribution in [-0.2, 0) is 11.3 Å². The summed E-state index contributed by atoms with van der Waals surface area (Å²) in [5.41, 5.74) is 3.16. The number of nitrogens with one attached hydrogen (secondary N) is 1. The highest BCUT2D eigenvalue weighted by Gasteiger charge is 2.20. The van der Waals surface area contributed by atoms with Gasteiger partial charge in [-0.15, -0.1) is 0 Å². The van der Waals surface area contributed by atoms with Gasteiger partial charge in [-0.2, -0.15) is 5.10 Å². The molecule has 6 heteroatoms. The first-order valence-electron chi connectivity index (χ1n) is 8.50. The predicted octanol–water partition coefficient (Wildman–Crippen LogP) is 4.14. The van der Waals surface area contributed by atoms with Gasteiger partial charge in [-0.05, 0) is 37.7 Å². The van der Waals surface area contributed by atoms with Crippen LogP contribution >= 0.6 is 12.2 Å². The standard InChI is InChI=1S/C20H22N4OS/c1-14-8-7-11-17(12-14)19-21-22-20(26)24(19)13-18(25)23(3)15(2)16-9-5-4-6-10-16/h4-12,15H,13H2,1-3H3,(H,22,26). The highest BCUT2D eigenvalue weighted by molar-refractivity contribution is 7.71. The fourth-order valence-corrected chi connectivity index (χ4v) is 3.08. The SMILES string of the molecule is Cc1cccc(-c2n[nH]c(=S)n2CC(=O)N(C)C(C)c2ccccc2)c1. The zero-order chi connectivity index (χ0) is 18.7. The van der Waals surface area contributed by atoms with Crippen molar-refractivity contribution in [1.29, 1.82) is 0 Å². The van der Waals surface area contributed by atoms with Crippen LogP contribution in [0.15, 0.2) is 54.6 Å². The summed E-state index contributed by atoms with van der Waals surface area (Å²) >= 11 is 5.34. The lowest BCUT2D eigenvalue weighted by Crippen LogP contribution is -2.32. The van der Waals surface area contributed by atoms with Gasteiger partial charge < -0.3 is 4.90 Å². The second kappa shape index (κ2) is 7.66. The van der Waals surface area contributed by atoms with Crippen molar-refractivity contribution >= 4 is 18.1 Å². The van der Waals surface area contributed by atoms with E-state index in [4.69, 9.17) is 12.2 Å². The lowest BCUT2D eigenvalue weighted by Gasteiger charge is -2.25. The van der Waals surface area contributed by atoms with Crippen molar-refractivity contribution in [3.05, 3.63) is 70.5 Å². The monoisotopic (exact) mass is 366 g/mol. The van der Waals surface area contributed by atoms with E-state index in [9.17, 15) is 4.79 Å². The summed E-state index contributed by atoms with van der Waals surface area (Å²) in [6.07, 6.45) is 0. The number of amides is 1. The minimum absolute atomic E-state index is 0.0206. The molecule has 1 aromatic heterocycles. The minimum atomic E-state index is -0.0211. The molecule has 0 radical (unpaired) electrons. The number of H-pyrrole nitrogens is 1. The van der Waals surface area contributed by atoms with Crippen LogP contribution in [0.5, 0.6) is 0 Å². The summed E-state index contributed by atoms with van der Waals surface area (Å²) in [7, 11) is 1.82. The summed E-state index contributed by atoms with van der Waals surface area (Å²) in [6, 6.07) is 17.9. The first-order valence-corrected chi connectivity index (χ1v) is 8.91. The van der Waals surface area contributed by atoms with Gasteiger partial charge in [0.05, 0.1) is 6.04 Å². The molecule has 0 aliphatic rings. The normalized spacial score (nSPS) is 12.0. The smallest absolute Gasteiger partial charge is 0.242 e. The Morgan fingerprint density at radius 1 is 1.23 bits per heavy atom. The number of aromatic amines is 1. The van der Waals surface area contributed by atoms with Crippen molar-refractivity contribution in [1.82, 2.24) is 19.7 Å². The van der Waals surface area contributed by atoms with E-state index in [1.807, 2.05) is 75.5 Å². The van der Waals surface area contributed by atoms with E-state index in [2.05, 4.69) is 10.2 Å². The number of hydrogen-bond donors (Lipinski definition) is 1. The van der Waals surface area contributed by atoms with Gasteiger partial charge in [0.25, 0.3) is 0 Å². The molecule has 134 valence electrons. The van der Waals surface area contributed by atoms with Crippen LogP contribution < -0.4 is 0 Å². The Bertz CT molecular complexity index is 961. The Hall–Kier alpha value is -2.73. The van der Waals surface area contributed by atoms with Crippen molar-refractivity contribution < 1.29 is 4.79 Å². The molecule has 0 aliphatic carbocycles. The highest BCUT2D eigenvalue weighted by Crippen LogP contribution is 2.21. The van der Waals surface area contributed by atoms with Crippen molar-refractivity contribution in [2.24, 2.45) is 0 Å². The van der Waals surface area contributed by atoms with E-state index < -0.39 is 0 Å². The predicted molar refractivity (Wildman–Crippen MR) is 105 cm³/mol. The molecule has 0 bridgehead atoms. The number of nitrogens with zero attached hydrogens (tertiary/aromatic N) is 3. The van der Waals surface area contributed by atoms with Crippen LogP contribution in [0.2, 0.25) is 0 Å². The Labute approximate surface area is 158 Å². The molecule has 1 N–H and O–H groups in total. The fourth-order valence-electron chi connectivity index (χ4n) is 2.89. The minimum Gasteiger partial charge on any atom is -0.337 e. The number of carbonyl (C=O) groups is 1. The maximum Gasteiger partial charge on any atom is 0.242 e. The highest BCUT2D eigenvalue weighted by atomic mass is 32.1. The topological polar surface area (TPSA) is 53.9 Å². The molecule has 1 amide bonds. The summed E-state index contributed by atoms with van der Waals surface area (Å²) in [5, 5.41) is 7.12. The Kier molecular flexibility index (Phi) is 5.32. The molecule has 3 aromatic rings. The van der Waals surface area contributed by atoms with Crippen molar-refractivity contribution in [3.63, 3.8) is 0 Å². The molecule has 0 saturated carbocycles. The summed E-state index contributed by atoms with van der Waals surface area (Å²) in [4.78, 5) is 14.6. The summed E-state index contributed by atoms with van der Waals surface area (Å²) < 4.78 is 2.19. The van der Waals surface area contributed by atoms with Gasteiger partial charge in [-0.3, -0.25) is 14.5 Å². The number of benzene rings is 2. The summed E-state index contributed by atoms with van der Waals surface area (Å²) in [5.74, 6) is 0.653. The number of rotatable bonds is 5. The lowest BCUT2D eigenvalue weighted by molar-refractivity contribution is -0.132. The average molecular weight is 366 g/mol. The number of hydrogen-bond acceptors (Lipinski definition) is 3. The second-order valence-corrected chi connectivity index (χ2v) is 6.79. The third-order valence-electron chi connectivity index (χ3n) is 4.58. The molecule has 3 rings (SSSR count). The van der Waals surface area contributed by atoms with Crippen molar-refractivity contribution in [2.75, 3.05) is 7.05 Å². The Morgan fingerprint density at radius 2 is 1.96 bits per heavy atom. The van der Waals surface area contributed by atoms with E-state index in [1.54, 1.807) is 9.47 Å². The van der Waals surface area contributed by atoms with Crippen LogP contribution in [0.1, 0.15) is 24.1 Å². The summed E-state index contributed by atoms with van der Waals surface area (Å²) in [6.45, 7) is 4.19. The van der Waals surface area contributed by atoms with Crippen LogP contribution in [-0.4, -0.2) is 32.6 Å². The Balaban J connectivity index is 1.84. The molecule has 2 aromatic carbocycles. The molecule has 26 heavy (non-hydrogen) atoms. The molecular weight excluding hydrogens is 344 g/mol. The average Bonchev–Trinajstić information content (AvgIpc) is 3.01. The van der Waals surface area contributed by atoms with Gasteiger partial charge in [-0.1, -0.05) is 54.1 Å². The number of aryl methyl sites for hydroxylation is 1. The molecular formula is C20H22N4OS. The van der Waals surface area contributed by atoms with Gasteiger partial charge in [-0.25, -0.2) is 0 Å². The molecule has 5 nitrogen and oxygen atoms in total. The van der Waals surface area contributed by atoms with E-state index in [-0.39, 0.29) is 18.5 Å². The first-order chi connectivity index (χ1) is 12.5. The van der Waals surface area contributed by atoms with Gasteiger partial charge in [0.2, 0.25) is 5.91 Å². The third kappa shape index (κ3) is 3.75. The zero-order valence-corrected chi connectivity index (χ0v) is 16.0. The van der Waals surface area contributed by atoms with Gasteiger partial charge in [0.1, 0.15) is 6.54 Å². The molecule has 1 unspecified atom stereocenters. The number of carbonyl (C=O) groups excluding carboxylic acids is 1. The quantitative estimate of drug-likeness (QED) is 0.691. The number of aromatic nitrogens is 3. The molecule has 0 aliphatic heterocycles. The van der Waals surface area contributed by atoms with Crippen LogP contribution in [0.3, 0.4) is 0 Å². The molecule has 1 atom stereocenters. The van der Waals surface area contributed by atoms with E-state index >= 15 is 0 Å². The van der Waals surface area contributed by atoms with E-state index in [0.717, 1.165) is 16.7 Å². The largest absolute Gasteiger partial charge is 0.337 e. The third-order valence-corrected chi connectivity index (χ3v) is 4.90. The maximum absolute atomic E-state index is 12.8. The van der Waals surface area contributed by atoms with E-state index in [1.165, 1.54) is 0 Å². The van der Waals surface area contributed by atoms with Gasteiger partial charge >= 0.3 is 0 Å². The molecule has 0 fully saturated rings. The van der Waals surface area contributed by atoms with Crippen LogP contribution in [0.25, 0.3) is 11.4 Å². The first kappa shape index (κ1) is 18.1. The zero-order valence-electron chi connectivity index (χ0n) is 15.1. The Morgan fingerprint density at radius 3 is 2.65 bits per heavy atom. The molecule has 0 saturated heterocycles. The van der Waals surface area contributed by atoms with Crippen molar-refractivity contribution in [3.8, 4) is 11.4 Å². The van der Waals surface area contributed by atoms with Crippen molar-refractivity contribution in [2.45, 2.75) is 26.4 Å². The lowest BCUT2D eigenvalue weighted by atomic mass is 10.1. The number of likely N-dealkylation sites (N-methyl/N-ethyl adjacent to an activating group) is 1. The van der Waals surface area contributed by atoms with Gasteiger partial charge in [0.15, 0.2) is 10.6 Å². The van der Waals surface area contributed by atoms with Crippen LogP contribution in [0.4, 0.5) is 0 Å². The molecule has 0 spiro atoms. The second-order valence-electron chi connectivity index (χ2n) is 6.40. The fraction of sp³-hybridized carbons (Fsp3) is 0.250. The van der Waals surface area contributed by atoms with Gasteiger partial charge in [0, 0.05) is 12.6 Å². The maximum atomic E-state index is 12.8. The van der Waals surface area contributed by atoms with E-state index in [0.29, 0.717) is 10.6 Å². The molecule has 1 heterocycles. The van der Waals surface area contributed by atoms with Crippen LogP contribution in [0, 0.1) is 11.7 Å².